The zero-order valence-electron chi connectivity index (χ0n) is 12.6. The average molecular weight is 273 g/mol. The lowest BCUT2D eigenvalue weighted by Gasteiger charge is -2.41. The maximum atomic E-state index is 12.5. The molecule has 3 nitrogen and oxygen atoms in total. The minimum absolute atomic E-state index is 0.0548. The van der Waals surface area contributed by atoms with Gasteiger partial charge < -0.3 is 10.1 Å². The quantitative estimate of drug-likeness (QED) is 0.789. The Labute approximate surface area is 120 Å². The number of rotatable bonds is 0. The number of hydrogen-bond donors (Lipinski definition) is 1. The van der Waals surface area contributed by atoms with E-state index in [2.05, 4.69) is 32.2 Å². The number of nitrogens with one attached hydrogen (secondary N) is 1. The molecule has 1 aromatic rings. The highest BCUT2D eigenvalue weighted by Gasteiger charge is 2.41. The molecule has 0 aromatic heterocycles. The largest absolute Gasteiger partial charge is 0.486 e. The van der Waals surface area contributed by atoms with E-state index in [1.807, 2.05) is 12.1 Å². The van der Waals surface area contributed by atoms with Crippen LogP contribution in [0.4, 0.5) is 0 Å². The summed E-state index contributed by atoms with van der Waals surface area (Å²) in [6.07, 6.45) is 2.35. The first kappa shape index (κ1) is 13.6. The van der Waals surface area contributed by atoms with Crippen LogP contribution in [0.3, 0.4) is 0 Å². The van der Waals surface area contributed by atoms with Gasteiger partial charge in [-0.1, -0.05) is 26.8 Å². The summed E-state index contributed by atoms with van der Waals surface area (Å²) in [4.78, 5) is 12.5. The highest BCUT2D eigenvalue weighted by Crippen LogP contribution is 2.39. The normalized spacial score (nSPS) is 21.4. The van der Waals surface area contributed by atoms with Crippen molar-refractivity contribution in [3.05, 3.63) is 29.3 Å². The Morgan fingerprint density at radius 2 is 1.90 bits per heavy atom. The molecule has 1 aromatic carbocycles. The number of piperidine rings is 1. The maximum Gasteiger partial charge on any atom is 0.170 e. The first-order valence-corrected chi connectivity index (χ1v) is 7.47. The number of fused-ring (bicyclic) bond motifs is 1. The molecule has 1 N–H and O–H groups in total. The minimum atomic E-state index is -0.265. The van der Waals surface area contributed by atoms with E-state index in [1.165, 1.54) is 5.56 Å². The number of benzene rings is 1. The van der Waals surface area contributed by atoms with Gasteiger partial charge >= 0.3 is 0 Å². The summed E-state index contributed by atoms with van der Waals surface area (Å²) in [5, 5.41) is 3.33. The second kappa shape index (κ2) is 4.59. The minimum Gasteiger partial charge on any atom is -0.486 e. The summed E-state index contributed by atoms with van der Waals surface area (Å²) in [6, 6.07) is 6.09. The van der Waals surface area contributed by atoms with Crippen LogP contribution in [0, 0.1) is 0 Å². The molecular formula is C17H23NO2. The van der Waals surface area contributed by atoms with Gasteiger partial charge in [0.15, 0.2) is 5.78 Å². The molecule has 2 aliphatic heterocycles. The van der Waals surface area contributed by atoms with Crippen LogP contribution in [0.2, 0.25) is 0 Å². The van der Waals surface area contributed by atoms with E-state index in [1.54, 1.807) is 0 Å². The monoisotopic (exact) mass is 273 g/mol. The molecule has 2 heterocycles. The third-order valence-corrected chi connectivity index (χ3v) is 4.47. The van der Waals surface area contributed by atoms with Crippen LogP contribution in [0.1, 0.15) is 56.0 Å². The molecule has 1 saturated heterocycles. The lowest BCUT2D eigenvalue weighted by molar-refractivity contribution is 0.0187. The number of ether oxygens (including phenoxy) is 1. The third-order valence-electron chi connectivity index (χ3n) is 4.47. The van der Waals surface area contributed by atoms with Crippen molar-refractivity contribution in [1.29, 1.82) is 0 Å². The Morgan fingerprint density at radius 1 is 1.20 bits per heavy atom. The van der Waals surface area contributed by atoms with Gasteiger partial charge in [-0.2, -0.15) is 0 Å². The second-order valence-corrected chi connectivity index (χ2v) is 7.10. The van der Waals surface area contributed by atoms with E-state index >= 15 is 0 Å². The van der Waals surface area contributed by atoms with E-state index in [0.29, 0.717) is 6.42 Å². The smallest absolute Gasteiger partial charge is 0.170 e. The molecule has 108 valence electrons. The first-order chi connectivity index (χ1) is 9.40. The highest BCUT2D eigenvalue weighted by molar-refractivity contribution is 6.00. The van der Waals surface area contributed by atoms with Crippen molar-refractivity contribution in [1.82, 2.24) is 5.32 Å². The van der Waals surface area contributed by atoms with Gasteiger partial charge in [0.05, 0.1) is 12.0 Å². The Bertz CT molecular complexity index is 536. The second-order valence-electron chi connectivity index (χ2n) is 7.10. The van der Waals surface area contributed by atoms with Crippen LogP contribution < -0.4 is 10.1 Å². The fourth-order valence-electron chi connectivity index (χ4n) is 3.12. The zero-order chi connectivity index (χ0) is 14.4. The number of hydrogen-bond acceptors (Lipinski definition) is 3. The van der Waals surface area contributed by atoms with Crippen LogP contribution in [0.5, 0.6) is 5.75 Å². The lowest BCUT2D eigenvalue weighted by atomic mass is 9.80. The fraction of sp³-hybridized carbons (Fsp3) is 0.588. The van der Waals surface area contributed by atoms with Gasteiger partial charge in [-0.15, -0.1) is 0 Å². The van der Waals surface area contributed by atoms with Crippen molar-refractivity contribution in [2.24, 2.45) is 0 Å². The highest BCUT2D eigenvalue weighted by atomic mass is 16.5. The summed E-state index contributed by atoms with van der Waals surface area (Å²) >= 11 is 0. The van der Waals surface area contributed by atoms with E-state index in [0.717, 1.165) is 37.2 Å². The lowest BCUT2D eigenvalue weighted by Crippen LogP contribution is -2.49. The molecule has 3 rings (SSSR count). The van der Waals surface area contributed by atoms with Crippen LogP contribution in [0.25, 0.3) is 0 Å². The number of ketones is 1. The molecule has 0 radical (unpaired) electrons. The molecule has 3 heteroatoms. The third kappa shape index (κ3) is 2.35. The molecule has 0 amide bonds. The molecule has 0 bridgehead atoms. The Kier molecular flexibility index (Phi) is 3.13. The molecule has 0 saturated carbocycles. The van der Waals surface area contributed by atoms with Crippen molar-refractivity contribution in [3.8, 4) is 5.75 Å². The van der Waals surface area contributed by atoms with Gasteiger partial charge in [0.2, 0.25) is 0 Å². The van der Waals surface area contributed by atoms with Crippen molar-refractivity contribution in [2.75, 3.05) is 13.1 Å². The van der Waals surface area contributed by atoms with Crippen LogP contribution >= 0.6 is 0 Å². The molecule has 0 unspecified atom stereocenters. The van der Waals surface area contributed by atoms with E-state index in [4.69, 9.17) is 4.74 Å². The summed E-state index contributed by atoms with van der Waals surface area (Å²) in [5.41, 5.74) is 1.74. The summed E-state index contributed by atoms with van der Waals surface area (Å²) < 4.78 is 6.24. The fourth-order valence-corrected chi connectivity index (χ4v) is 3.12. The van der Waals surface area contributed by atoms with Crippen molar-refractivity contribution in [3.63, 3.8) is 0 Å². The molecule has 1 fully saturated rings. The number of carbonyl (C=O) groups excluding carboxylic acids is 1. The Morgan fingerprint density at radius 3 is 2.55 bits per heavy atom. The van der Waals surface area contributed by atoms with Gasteiger partial charge in [0, 0.05) is 12.8 Å². The van der Waals surface area contributed by atoms with Gasteiger partial charge in [0.25, 0.3) is 0 Å². The number of Topliss-reactive ketones (excluding diaryl/α,β-unsaturated/α-hetero) is 1. The van der Waals surface area contributed by atoms with Crippen molar-refractivity contribution < 1.29 is 9.53 Å². The van der Waals surface area contributed by atoms with Crippen LogP contribution in [0.15, 0.2) is 18.2 Å². The molecular weight excluding hydrogens is 250 g/mol. The van der Waals surface area contributed by atoms with Crippen molar-refractivity contribution in [2.45, 2.75) is 51.0 Å². The molecule has 0 aliphatic carbocycles. The van der Waals surface area contributed by atoms with E-state index in [-0.39, 0.29) is 16.8 Å². The molecule has 2 aliphatic rings. The van der Waals surface area contributed by atoms with Gasteiger partial charge in [-0.25, -0.2) is 0 Å². The van der Waals surface area contributed by atoms with Gasteiger partial charge in [-0.05, 0) is 36.2 Å². The Hall–Kier alpha value is -1.35. The molecule has 0 atom stereocenters. The summed E-state index contributed by atoms with van der Waals surface area (Å²) in [7, 11) is 0. The average Bonchev–Trinajstić information content (AvgIpc) is 2.38. The van der Waals surface area contributed by atoms with Crippen LogP contribution in [-0.2, 0) is 5.41 Å². The first-order valence-electron chi connectivity index (χ1n) is 7.47. The SMILES string of the molecule is CC(C)(C)c1ccc2c(c1)C(=O)CC1(CCNCC1)O2. The topological polar surface area (TPSA) is 38.3 Å². The van der Waals surface area contributed by atoms with E-state index in [9.17, 15) is 4.79 Å². The predicted octanol–water partition coefficient (Wildman–Crippen LogP) is 3.07. The van der Waals surface area contributed by atoms with Gasteiger partial charge in [0.1, 0.15) is 11.4 Å². The summed E-state index contributed by atoms with van der Waals surface area (Å²) in [6.45, 7) is 8.36. The zero-order valence-corrected chi connectivity index (χ0v) is 12.6. The van der Waals surface area contributed by atoms with E-state index < -0.39 is 0 Å². The standard InChI is InChI=1S/C17H23NO2/c1-16(2,3)12-4-5-15-13(10-12)14(19)11-17(20-15)6-8-18-9-7-17/h4-5,10,18H,6-9,11H2,1-3H3. The van der Waals surface area contributed by atoms with Gasteiger partial charge in [-0.3, -0.25) is 4.79 Å². The molecule has 1 spiro atoms. The van der Waals surface area contributed by atoms with Crippen molar-refractivity contribution >= 4 is 5.78 Å². The molecule has 20 heavy (non-hydrogen) atoms. The Balaban J connectivity index is 1.96. The number of carbonyl (C=O) groups is 1. The predicted molar refractivity (Wildman–Crippen MR) is 79.6 cm³/mol. The maximum absolute atomic E-state index is 12.5. The summed E-state index contributed by atoms with van der Waals surface area (Å²) in [5.74, 6) is 1.01. The van der Waals surface area contributed by atoms with Crippen LogP contribution in [-0.4, -0.2) is 24.5 Å².